The van der Waals surface area contributed by atoms with Gasteiger partial charge in [0.1, 0.15) is 5.75 Å². The Labute approximate surface area is 178 Å². The van der Waals surface area contributed by atoms with Crippen molar-refractivity contribution in [3.8, 4) is 5.75 Å². The summed E-state index contributed by atoms with van der Waals surface area (Å²) in [4.78, 5) is 24.4. The number of carbonyl (C=O) groups is 2. The molecule has 0 heterocycles. The van der Waals surface area contributed by atoms with Crippen LogP contribution in [0.3, 0.4) is 0 Å². The number of esters is 1. The molecule has 0 unspecified atom stereocenters. The average molecular weight is 445 g/mol. The number of urea groups is 1. The van der Waals surface area contributed by atoms with E-state index in [-0.39, 0.29) is 26.9 Å². The first-order valence-corrected chi connectivity index (χ1v) is 10.6. The molecule has 3 rings (SSSR count). The largest absolute Gasteiger partial charge is 0.421 e. The first kappa shape index (κ1) is 21.4. The van der Waals surface area contributed by atoms with Gasteiger partial charge in [-0.25, -0.2) is 22.7 Å². The highest BCUT2D eigenvalue weighted by Crippen LogP contribution is 2.24. The highest BCUT2D eigenvalue weighted by atomic mass is 35.5. The summed E-state index contributed by atoms with van der Waals surface area (Å²) < 4.78 is 31.8. The molecule has 2 N–H and O–H groups in total. The zero-order chi connectivity index (χ0) is 21.7. The van der Waals surface area contributed by atoms with Crippen LogP contribution < -0.4 is 14.8 Å². The van der Waals surface area contributed by atoms with Gasteiger partial charge < -0.3 is 10.1 Å². The Bertz CT molecular complexity index is 1190. The Morgan fingerprint density at radius 2 is 1.63 bits per heavy atom. The van der Waals surface area contributed by atoms with Crippen LogP contribution >= 0.6 is 11.6 Å². The fourth-order valence-electron chi connectivity index (χ4n) is 2.47. The van der Waals surface area contributed by atoms with Crippen molar-refractivity contribution in [3.05, 3.63) is 88.9 Å². The van der Waals surface area contributed by atoms with Gasteiger partial charge in [-0.05, 0) is 49.4 Å². The molecule has 0 spiro atoms. The van der Waals surface area contributed by atoms with E-state index >= 15 is 0 Å². The summed E-state index contributed by atoms with van der Waals surface area (Å²) in [6, 6.07) is 17.5. The smallest absolute Gasteiger partial charge is 0.343 e. The van der Waals surface area contributed by atoms with Gasteiger partial charge in [-0.1, -0.05) is 47.5 Å². The standard InChI is InChI=1S/C21H17ClN2O5S/c1-14-9-11-17(12-10-14)30(27,28)24-21(26)23-16-6-4-5-15(13-16)20(25)29-19-8-3-2-7-18(19)22/h2-13H,1H3,(H2,23,24,26). The molecular weight excluding hydrogens is 428 g/mol. The number of anilines is 1. The predicted molar refractivity (Wildman–Crippen MR) is 113 cm³/mol. The molecule has 3 aromatic carbocycles. The van der Waals surface area contributed by atoms with Crippen molar-refractivity contribution in [1.82, 2.24) is 4.72 Å². The maximum atomic E-state index is 12.3. The number of halogens is 1. The summed E-state index contributed by atoms with van der Waals surface area (Å²) in [6.07, 6.45) is 0. The lowest BCUT2D eigenvalue weighted by molar-refractivity contribution is 0.0735. The summed E-state index contributed by atoms with van der Waals surface area (Å²) in [7, 11) is -4.04. The molecule has 0 radical (unpaired) electrons. The number of hydrogen-bond acceptors (Lipinski definition) is 5. The molecule has 0 aliphatic carbocycles. The van der Waals surface area contributed by atoms with Crippen molar-refractivity contribution in [3.63, 3.8) is 0 Å². The van der Waals surface area contributed by atoms with Gasteiger partial charge in [0.15, 0.2) is 0 Å². The maximum absolute atomic E-state index is 12.3. The average Bonchev–Trinajstić information content (AvgIpc) is 2.69. The van der Waals surface area contributed by atoms with E-state index in [1.54, 1.807) is 36.4 Å². The van der Waals surface area contributed by atoms with Gasteiger partial charge in [-0.15, -0.1) is 0 Å². The fourth-order valence-corrected chi connectivity index (χ4v) is 3.55. The molecule has 0 fully saturated rings. The Morgan fingerprint density at radius 3 is 2.33 bits per heavy atom. The van der Waals surface area contributed by atoms with Gasteiger partial charge in [-0.3, -0.25) is 0 Å². The van der Waals surface area contributed by atoms with Crippen LogP contribution in [-0.4, -0.2) is 20.4 Å². The third-order valence-electron chi connectivity index (χ3n) is 3.95. The molecule has 9 heteroatoms. The molecule has 0 atom stereocenters. The Hall–Kier alpha value is -3.36. The number of benzene rings is 3. The molecule has 0 bridgehead atoms. The van der Waals surface area contributed by atoms with E-state index in [0.29, 0.717) is 0 Å². The van der Waals surface area contributed by atoms with Crippen molar-refractivity contribution in [1.29, 1.82) is 0 Å². The second-order valence-corrected chi connectivity index (χ2v) is 8.36. The van der Waals surface area contributed by atoms with Gasteiger partial charge in [0.05, 0.1) is 15.5 Å². The van der Waals surface area contributed by atoms with Crippen molar-refractivity contribution in [2.24, 2.45) is 0 Å². The molecule has 30 heavy (non-hydrogen) atoms. The number of rotatable bonds is 5. The molecule has 7 nitrogen and oxygen atoms in total. The summed E-state index contributed by atoms with van der Waals surface area (Å²) >= 11 is 5.98. The minimum Gasteiger partial charge on any atom is -0.421 e. The van der Waals surface area contributed by atoms with Gasteiger partial charge in [0.2, 0.25) is 0 Å². The molecule has 0 aliphatic heterocycles. The number of carbonyl (C=O) groups excluding carboxylic acids is 2. The summed E-state index contributed by atoms with van der Waals surface area (Å²) in [6.45, 7) is 1.82. The van der Waals surface area contributed by atoms with Crippen LogP contribution in [0.15, 0.2) is 77.7 Å². The van der Waals surface area contributed by atoms with Crippen LogP contribution in [0.2, 0.25) is 5.02 Å². The van der Waals surface area contributed by atoms with Gasteiger partial charge >= 0.3 is 12.0 Å². The predicted octanol–water partition coefficient (Wildman–Crippen LogP) is 4.38. The van der Waals surface area contributed by atoms with Crippen molar-refractivity contribution in [2.75, 3.05) is 5.32 Å². The van der Waals surface area contributed by atoms with E-state index in [0.717, 1.165) is 5.56 Å². The number of para-hydroxylation sites is 1. The van der Waals surface area contributed by atoms with Crippen LogP contribution in [0.1, 0.15) is 15.9 Å². The minimum absolute atomic E-state index is 0.0414. The molecule has 0 aromatic heterocycles. The van der Waals surface area contributed by atoms with Crippen molar-refractivity contribution >= 4 is 39.3 Å². The zero-order valence-electron chi connectivity index (χ0n) is 15.8. The minimum atomic E-state index is -4.04. The normalized spacial score (nSPS) is 10.9. The number of amides is 2. The number of hydrogen-bond donors (Lipinski definition) is 2. The molecule has 2 amide bonds. The zero-order valence-corrected chi connectivity index (χ0v) is 17.3. The van der Waals surface area contributed by atoms with Gasteiger partial charge in [0.25, 0.3) is 10.0 Å². The maximum Gasteiger partial charge on any atom is 0.343 e. The monoisotopic (exact) mass is 444 g/mol. The second kappa shape index (κ2) is 8.98. The third kappa shape index (κ3) is 5.37. The Kier molecular flexibility index (Phi) is 6.39. The lowest BCUT2D eigenvalue weighted by atomic mass is 10.2. The van der Waals surface area contributed by atoms with Crippen molar-refractivity contribution in [2.45, 2.75) is 11.8 Å². The van der Waals surface area contributed by atoms with Crippen LogP contribution in [0.4, 0.5) is 10.5 Å². The lowest BCUT2D eigenvalue weighted by Crippen LogP contribution is -2.34. The quantitative estimate of drug-likeness (QED) is 0.449. The SMILES string of the molecule is Cc1ccc(S(=O)(=O)NC(=O)Nc2cccc(C(=O)Oc3ccccc3Cl)c2)cc1. The molecule has 3 aromatic rings. The van der Waals surface area contributed by atoms with E-state index in [9.17, 15) is 18.0 Å². The topological polar surface area (TPSA) is 102 Å². The number of sulfonamides is 1. The lowest BCUT2D eigenvalue weighted by Gasteiger charge is -2.10. The van der Waals surface area contributed by atoms with Gasteiger partial charge in [-0.2, -0.15) is 0 Å². The van der Waals surface area contributed by atoms with Crippen LogP contribution in [0.25, 0.3) is 0 Å². The third-order valence-corrected chi connectivity index (χ3v) is 5.61. The Morgan fingerprint density at radius 1 is 0.933 bits per heavy atom. The first-order chi connectivity index (χ1) is 14.2. The van der Waals surface area contributed by atoms with Crippen molar-refractivity contribution < 1.29 is 22.7 Å². The number of nitrogens with one attached hydrogen (secondary N) is 2. The highest BCUT2D eigenvalue weighted by Gasteiger charge is 2.18. The van der Waals surface area contributed by atoms with E-state index in [4.69, 9.17) is 16.3 Å². The van der Waals surface area contributed by atoms with E-state index in [1.807, 2.05) is 11.6 Å². The summed E-state index contributed by atoms with van der Waals surface area (Å²) in [5, 5.41) is 2.67. The molecule has 154 valence electrons. The van der Waals surface area contributed by atoms with Crippen LogP contribution in [-0.2, 0) is 10.0 Å². The molecule has 0 aliphatic rings. The number of ether oxygens (including phenoxy) is 1. The second-order valence-electron chi connectivity index (χ2n) is 6.27. The van der Waals surface area contributed by atoms with E-state index in [1.165, 1.54) is 36.4 Å². The van der Waals surface area contributed by atoms with Crippen LogP contribution in [0, 0.1) is 6.92 Å². The van der Waals surface area contributed by atoms with E-state index < -0.39 is 22.0 Å². The molecule has 0 saturated carbocycles. The van der Waals surface area contributed by atoms with Crippen LogP contribution in [0.5, 0.6) is 5.75 Å². The number of aryl methyl sites for hydroxylation is 1. The van der Waals surface area contributed by atoms with E-state index in [2.05, 4.69) is 5.32 Å². The fraction of sp³-hybridized carbons (Fsp3) is 0.0476. The molecular formula is C21H17ClN2O5S. The van der Waals surface area contributed by atoms with Gasteiger partial charge in [0, 0.05) is 5.69 Å². The molecule has 0 saturated heterocycles. The highest BCUT2D eigenvalue weighted by molar-refractivity contribution is 7.90. The summed E-state index contributed by atoms with van der Waals surface area (Å²) in [5.41, 5.74) is 1.24. The first-order valence-electron chi connectivity index (χ1n) is 8.72. The summed E-state index contributed by atoms with van der Waals surface area (Å²) in [5.74, 6) is -0.483. The Balaban J connectivity index is 1.68.